The van der Waals surface area contributed by atoms with Crippen molar-refractivity contribution < 1.29 is 33.6 Å². The highest BCUT2D eigenvalue weighted by molar-refractivity contribution is 7.99. The molecule has 0 aliphatic carbocycles. The van der Waals surface area contributed by atoms with Gasteiger partial charge in [0.05, 0.1) is 18.0 Å². The fourth-order valence-corrected chi connectivity index (χ4v) is 4.14. The van der Waals surface area contributed by atoms with Gasteiger partial charge in [0, 0.05) is 5.75 Å². The number of hydrogen-bond donors (Lipinski definition) is 2. The fraction of sp³-hybridized carbons (Fsp3) is 0.263. The highest BCUT2D eigenvalue weighted by Crippen LogP contribution is 2.38. The molecule has 2 unspecified atom stereocenters. The molecular weight excluding hydrogens is 386 g/mol. The lowest BCUT2D eigenvalue weighted by molar-refractivity contribution is -0.138. The molecule has 0 aromatic heterocycles. The van der Waals surface area contributed by atoms with E-state index >= 15 is 0 Å². The number of benzene rings is 2. The summed E-state index contributed by atoms with van der Waals surface area (Å²) in [4.78, 5) is 23.6. The van der Waals surface area contributed by atoms with Gasteiger partial charge < -0.3 is 24.1 Å². The van der Waals surface area contributed by atoms with E-state index in [9.17, 15) is 9.59 Å². The van der Waals surface area contributed by atoms with Crippen LogP contribution in [0.15, 0.2) is 36.4 Å². The van der Waals surface area contributed by atoms with Crippen LogP contribution in [0.5, 0.6) is 23.0 Å². The van der Waals surface area contributed by atoms with Crippen LogP contribution in [0, 0.1) is 0 Å². The van der Waals surface area contributed by atoms with Crippen LogP contribution in [-0.2, 0) is 4.79 Å². The van der Waals surface area contributed by atoms with E-state index in [0.717, 1.165) is 5.56 Å². The van der Waals surface area contributed by atoms with E-state index in [1.54, 1.807) is 36.4 Å². The van der Waals surface area contributed by atoms with Crippen molar-refractivity contribution in [1.82, 2.24) is 5.32 Å². The molecule has 0 spiro atoms. The fourth-order valence-electron chi connectivity index (χ4n) is 2.92. The summed E-state index contributed by atoms with van der Waals surface area (Å²) < 4.78 is 21.3. The lowest BCUT2D eigenvalue weighted by Gasteiger charge is -2.15. The number of fused-ring (bicyclic) bond motifs is 1. The minimum absolute atomic E-state index is 0.124. The quantitative estimate of drug-likeness (QED) is 0.575. The van der Waals surface area contributed by atoms with E-state index in [2.05, 4.69) is 5.32 Å². The van der Waals surface area contributed by atoms with E-state index in [-0.39, 0.29) is 17.9 Å². The number of ether oxygens (including phenoxy) is 4. The van der Waals surface area contributed by atoms with Gasteiger partial charge in [-0.25, -0.2) is 4.79 Å². The molecule has 9 heteroatoms. The number of hydrogen-bond acceptors (Lipinski definition) is 8. The Morgan fingerprint density at radius 2 is 1.96 bits per heavy atom. The van der Waals surface area contributed by atoms with E-state index in [0.29, 0.717) is 28.6 Å². The summed E-state index contributed by atoms with van der Waals surface area (Å²) in [6.45, 7) is 0.124. The Morgan fingerprint density at radius 3 is 2.71 bits per heavy atom. The smallest absolute Gasteiger partial charge is 0.343 e. The molecule has 1 saturated heterocycles. The first kappa shape index (κ1) is 18.5. The summed E-state index contributed by atoms with van der Waals surface area (Å²) in [6, 6.07) is 9.37. The molecule has 1 fully saturated rings. The van der Waals surface area contributed by atoms with E-state index in [1.807, 2.05) is 0 Å². The monoisotopic (exact) mass is 403 g/mol. The first-order valence-electron chi connectivity index (χ1n) is 8.45. The third kappa shape index (κ3) is 3.58. The largest absolute Gasteiger partial charge is 0.493 e. The van der Waals surface area contributed by atoms with Crippen LogP contribution >= 0.6 is 11.8 Å². The standard InChI is InChI=1S/C19H17NO7S/c1-24-15-6-10(17-20-12(8-28-17)18(21)22)2-5-14(15)27-19(23)11-3-4-13-16(7-11)26-9-25-13/h2-7,12,17,20H,8-9H2,1H3,(H,21,22). The molecule has 2 atom stereocenters. The molecule has 2 aromatic carbocycles. The van der Waals surface area contributed by atoms with Gasteiger partial charge in [-0.15, -0.1) is 11.8 Å². The van der Waals surface area contributed by atoms with Crippen LogP contribution in [0.4, 0.5) is 0 Å². The van der Waals surface area contributed by atoms with Gasteiger partial charge in [-0.3, -0.25) is 10.1 Å². The summed E-state index contributed by atoms with van der Waals surface area (Å²) in [5.41, 5.74) is 1.17. The second kappa shape index (κ2) is 7.61. The average molecular weight is 403 g/mol. The van der Waals surface area contributed by atoms with Gasteiger partial charge in [0.2, 0.25) is 6.79 Å². The second-order valence-corrected chi connectivity index (χ2v) is 7.28. The molecule has 8 nitrogen and oxygen atoms in total. The van der Waals surface area contributed by atoms with Gasteiger partial charge in [-0.1, -0.05) is 6.07 Å². The molecule has 2 aliphatic heterocycles. The number of carboxylic acid groups (broad SMARTS) is 1. The molecule has 28 heavy (non-hydrogen) atoms. The lowest BCUT2D eigenvalue weighted by Crippen LogP contribution is -2.33. The Kier molecular flexibility index (Phi) is 5.01. The van der Waals surface area contributed by atoms with Crippen LogP contribution < -0.4 is 24.3 Å². The highest BCUT2D eigenvalue weighted by atomic mass is 32.2. The predicted octanol–water partition coefficient (Wildman–Crippen LogP) is 2.43. The molecule has 2 aromatic rings. The molecule has 0 saturated carbocycles. The normalized spacial score (nSPS) is 20.0. The summed E-state index contributed by atoms with van der Waals surface area (Å²) in [7, 11) is 1.48. The summed E-state index contributed by atoms with van der Waals surface area (Å²) in [5, 5.41) is 12.0. The Morgan fingerprint density at radius 1 is 1.14 bits per heavy atom. The van der Waals surface area contributed by atoms with Crippen LogP contribution in [0.2, 0.25) is 0 Å². The van der Waals surface area contributed by atoms with Crippen LogP contribution in [0.3, 0.4) is 0 Å². The predicted molar refractivity (Wildman–Crippen MR) is 100 cm³/mol. The maximum absolute atomic E-state index is 12.5. The molecule has 2 heterocycles. The maximum atomic E-state index is 12.5. The first-order chi connectivity index (χ1) is 13.5. The van der Waals surface area contributed by atoms with Crippen molar-refractivity contribution in [2.75, 3.05) is 19.7 Å². The Bertz CT molecular complexity index is 932. The van der Waals surface area contributed by atoms with Gasteiger partial charge in [0.15, 0.2) is 23.0 Å². The summed E-state index contributed by atoms with van der Waals surface area (Å²) >= 11 is 1.50. The van der Waals surface area contributed by atoms with Crippen LogP contribution in [0.25, 0.3) is 0 Å². The number of thioether (sulfide) groups is 1. The molecule has 0 bridgehead atoms. The Labute approximate surface area is 164 Å². The van der Waals surface area contributed by atoms with Gasteiger partial charge in [-0.2, -0.15) is 0 Å². The highest BCUT2D eigenvalue weighted by Gasteiger charge is 2.31. The minimum Gasteiger partial charge on any atom is -0.493 e. The number of esters is 1. The molecule has 146 valence electrons. The Hall–Kier alpha value is -2.91. The zero-order valence-corrected chi connectivity index (χ0v) is 15.7. The van der Waals surface area contributed by atoms with Crippen molar-refractivity contribution in [3.63, 3.8) is 0 Å². The van der Waals surface area contributed by atoms with Crippen LogP contribution in [0.1, 0.15) is 21.3 Å². The van der Waals surface area contributed by atoms with Gasteiger partial charge in [-0.05, 0) is 35.9 Å². The van der Waals surface area contributed by atoms with Crippen molar-refractivity contribution in [1.29, 1.82) is 0 Å². The molecule has 4 rings (SSSR count). The molecule has 0 amide bonds. The van der Waals surface area contributed by atoms with E-state index in [1.165, 1.54) is 18.9 Å². The summed E-state index contributed by atoms with van der Waals surface area (Å²) in [5.74, 6) is 0.775. The van der Waals surface area contributed by atoms with Crippen molar-refractivity contribution in [2.24, 2.45) is 0 Å². The number of carbonyl (C=O) groups excluding carboxylic acids is 1. The van der Waals surface area contributed by atoms with Gasteiger partial charge >= 0.3 is 11.9 Å². The first-order valence-corrected chi connectivity index (χ1v) is 9.50. The van der Waals surface area contributed by atoms with Gasteiger partial charge in [0.25, 0.3) is 0 Å². The number of carbonyl (C=O) groups is 2. The topological polar surface area (TPSA) is 103 Å². The number of methoxy groups -OCH3 is 1. The zero-order valence-electron chi connectivity index (χ0n) is 14.8. The van der Waals surface area contributed by atoms with Gasteiger partial charge in [0.1, 0.15) is 6.04 Å². The van der Waals surface area contributed by atoms with Crippen molar-refractivity contribution in [3.05, 3.63) is 47.5 Å². The third-order valence-electron chi connectivity index (χ3n) is 4.38. The third-order valence-corrected chi connectivity index (χ3v) is 5.65. The molecular formula is C19H17NO7S. The Balaban J connectivity index is 1.50. The molecule has 2 aliphatic rings. The number of carboxylic acids is 1. The molecule has 0 radical (unpaired) electrons. The van der Waals surface area contributed by atoms with E-state index < -0.39 is 18.0 Å². The zero-order chi connectivity index (χ0) is 19.7. The summed E-state index contributed by atoms with van der Waals surface area (Å²) in [6.07, 6.45) is 0. The average Bonchev–Trinajstić information content (AvgIpc) is 3.37. The number of rotatable bonds is 5. The van der Waals surface area contributed by atoms with Crippen molar-refractivity contribution in [3.8, 4) is 23.0 Å². The maximum Gasteiger partial charge on any atom is 0.343 e. The van der Waals surface area contributed by atoms with E-state index in [4.69, 9.17) is 24.1 Å². The van der Waals surface area contributed by atoms with Crippen molar-refractivity contribution >= 4 is 23.7 Å². The second-order valence-electron chi connectivity index (χ2n) is 6.14. The molecule has 2 N–H and O–H groups in total. The SMILES string of the molecule is COc1cc(C2NC(C(=O)O)CS2)ccc1OC(=O)c1ccc2c(c1)OCO2. The van der Waals surface area contributed by atoms with Crippen LogP contribution in [-0.4, -0.2) is 42.7 Å². The minimum atomic E-state index is -0.878. The number of nitrogens with one attached hydrogen (secondary N) is 1. The lowest BCUT2D eigenvalue weighted by atomic mass is 10.1. The number of aliphatic carboxylic acids is 1. The van der Waals surface area contributed by atoms with Crippen molar-refractivity contribution in [2.45, 2.75) is 11.4 Å².